The molecule has 0 bridgehead atoms. The van der Waals surface area contributed by atoms with E-state index >= 15 is 0 Å². The van der Waals surface area contributed by atoms with E-state index in [1.165, 1.54) is 40.9 Å². The molecule has 0 unspecified atom stereocenters. The summed E-state index contributed by atoms with van der Waals surface area (Å²) in [6.07, 6.45) is 1.27. The van der Waals surface area contributed by atoms with Crippen LogP contribution in [0.1, 0.15) is 27.3 Å². The Bertz CT molecular complexity index is 1320. The first-order valence-corrected chi connectivity index (χ1v) is 10.8. The predicted molar refractivity (Wildman–Crippen MR) is 123 cm³/mol. The fourth-order valence-corrected chi connectivity index (χ4v) is 3.82. The number of phenolic OH excluding ortho intramolecular Hbond substituents is 1. The van der Waals surface area contributed by atoms with Gasteiger partial charge in [-0.05, 0) is 47.6 Å². The first kappa shape index (κ1) is 22.3. The Morgan fingerprint density at radius 1 is 1.30 bits per heavy atom. The maximum absolute atomic E-state index is 12.8. The summed E-state index contributed by atoms with van der Waals surface area (Å²) in [6.45, 7) is 2.00. The Morgan fingerprint density at radius 3 is 2.82 bits per heavy atom. The van der Waals surface area contributed by atoms with Gasteiger partial charge in [-0.1, -0.05) is 34.5 Å². The molecule has 0 saturated carbocycles. The summed E-state index contributed by atoms with van der Waals surface area (Å²) in [7, 11) is 0. The Balaban J connectivity index is 1.58. The molecule has 33 heavy (non-hydrogen) atoms. The van der Waals surface area contributed by atoms with Crippen molar-refractivity contribution in [1.29, 1.82) is 0 Å². The second kappa shape index (κ2) is 9.71. The molecule has 4 aromatic rings. The Hall–Kier alpha value is -3.90. The van der Waals surface area contributed by atoms with Crippen LogP contribution in [0.5, 0.6) is 5.75 Å². The summed E-state index contributed by atoms with van der Waals surface area (Å²) >= 11 is 7.39. The smallest absolute Gasteiger partial charge is 0.293 e. The summed E-state index contributed by atoms with van der Waals surface area (Å²) in [5, 5.41) is 29.4. The van der Waals surface area contributed by atoms with Crippen LogP contribution in [0.3, 0.4) is 0 Å². The molecule has 11 nitrogen and oxygen atoms in total. The largest absolute Gasteiger partial charge is 0.507 e. The number of carbonyl (C=O) groups is 1. The lowest BCUT2D eigenvalue weighted by atomic mass is 10.2. The average Bonchev–Trinajstić information content (AvgIpc) is 3.41. The number of nitrogens with zero attached hydrogens (tertiary/aromatic N) is 6. The molecule has 2 aromatic heterocycles. The molecule has 0 aliphatic carbocycles. The quantitative estimate of drug-likeness (QED) is 0.204. The SMILES string of the molecule is Cc1ccc(SCc2c(C(=O)NN=Cc3cc(Cl)ccc3O)nnn2-c2nonc2N)cc1. The summed E-state index contributed by atoms with van der Waals surface area (Å²) in [5.41, 5.74) is 10.1. The van der Waals surface area contributed by atoms with Gasteiger partial charge in [-0.15, -0.1) is 16.9 Å². The number of amides is 1. The third-order valence-electron chi connectivity index (χ3n) is 4.43. The van der Waals surface area contributed by atoms with E-state index in [4.69, 9.17) is 17.3 Å². The summed E-state index contributed by atoms with van der Waals surface area (Å²) < 4.78 is 5.96. The molecule has 4 N–H and O–H groups in total. The van der Waals surface area contributed by atoms with Crippen molar-refractivity contribution in [2.45, 2.75) is 17.6 Å². The van der Waals surface area contributed by atoms with Gasteiger partial charge < -0.3 is 10.8 Å². The normalized spacial score (nSPS) is 11.2. The van der Waals surface area contributed by atoms with Crippen LogP contribution in [-0.2, 0) is 5.75 Å². The van der Waals surface area contributed by atoms with Crippen LogP contribution >= 0.6 is 23.4 Å². The lowest BCUT2D eigenvalue weighted by Crippen LogP contribution is -2.20. The number of phenols is 1. The monoisotopic (exact) mass is 484 g/mol. The van der Waals surface area contributed by atoms with E-state index in [1.807, 2.05) is 31.2 Å². The Kier molecular flexibility index (Phi) is 6.56. The highest BCUT2D eigenvalue weighted by Crippen LogP contribution is 2.26. The van der Waals surface area contributed by atoms with Gasteiger partial charge in [-0.25, -0.2) is 10.1 Å². The minimum absolute atomic E-state index is 0.00268. The highest BCUT2D eigenvalue weighted by molar-refractivity contribution is 7.98. The van der Waals surface area contributed by atoms with Gasteiger partial charge in [0.25, 0.3) is 5.91 Å². The van der Waals surface area contributed by atoms with E-state index in [-0.39, 0.29) is 23.1 Å². The number of hydrogen-bond acceptors (Lipinski definition) is 10. The van der Waals surface area contributed by atoms with E-state index in [2.05, 4.69) is 35.8 Å². The summed E-state index contributed by atoms with van der Waals surface area (Å²) in [5.74, 6) is -0.207. The number of aromatic nitrogens is 5. The summed E-state index contributed by atoms with van der Waals surface area (Å²) in [6, 6.07) is 12.4. The number of aromatic hydroxyl groups is 1. The van der Waals surface area contributed by atoms with Gasteiger partial charge in [-0.2, -0.15) is 9.78 Å². The van der Waals surface area contributed by atoms with Gasteiger partial charge >= 0.3 is 0 Å². The lowest BCUT2D eigenvalue weighted by Gasteiger charge is -2.06. The number of hydrazone groups is 1. The molecule has 4 rings (SSSR count). The van der Waals surface area contributed by atoms with Crippen molar-refractivity contribution in [2.75, 3.05) is 5.73 Å². The highest BCUT2D eigenvalue weighted by atomic mass is 35.5. The number of benzene rings is 2. The standard InChI is InChI=1S/C20H17ClN8O3S/c1-11-2-5-14(6-3-11)33-10-15-17(24-28-29(15)19-18(22)26-32-27-19)20(31)25-23-9-12-8-13(21)4-7-16(12)30/h2-9,30H,10H2,1H3,(H2,22,26)(H,25,31). The van der Waals surface area contributed by atoms with Crippen LogP contribution in [0.4, 0.5) is 5.82 Å². The molecule has 0 fully saturated rings. The third kappa shape index (κ3) is 5.13. The molecule has 0 aliphatic heterocycles. The number of nitrogens with two attached hydrogens (primary N) is 1. The third-order valence-corrected chi connectivity index (χ3v) is 5.69. The van der Waals surface area contributed by atoms with Crippen LogP contribution in [0, 0.1) is 6.92 Å². The Morgan fingerprint density at radius 2 is 2.09 bits per heavy atom. The maximum Gasteiger partial charge on any atom is 0.293 e. The molecule has 2 aromatic carbocycles. The number of thioether (sulfide) groups is 1. The van der Waals surface area contributed by atoms with E-state index in [0.29, 0.717) is 22.0 Å². The van der Waals surface area contributed by atoms with Crippen LogP contribution < -0.4 is 11.2 Å². The highest BCUT2D eigenvalue weighted by Gasteiger charge is 2.24. The van der Waals surface area contributed by atoms with Crippen LogP contribution in [0.15, 0.2) is 57.1 Å². The van der Waals surface area contributed by atoms with Gasteiger partial charge in [-0.3, -0.25) is 4.79 Å². The van der Waals surface area contributed by atoms with Gasteiger partial charge in [0.15, 0.2) is 5.69 Å². The molecule has 0 radical (unpaired) electrons. The zero-order chi connectivity index (χ0) is 23.4. The Labute approximate surface area is 196 Å². The molecule has 0 saturated heterocycles. The van der Waals surface area contributed by atoms with Crippen molar-refractivity contribution in [3.63, 3.8) is 0 Å². The van der Waals surface area contributed by atoms with Crippen molar-refractivity contribution >= 4 is 41.3 Å². The average molecular weight is 485 g/mol. The number of nitrogen functional groups attached to an aromatic ring is 1. The fraction of sp³-hybridized carbons (Fsp3) is 0.100. The van der Waals surface area contributed by atoms with E-state index in [0.717, 1.165) is 10.5 Å². The van der Waals surface area contributed by atoms with Crippen molar-refractivity contribution in [3.05, 3.63) is 70.0 Å². The topological polar surface area (TPSA) is 157 Å². The molecule has 0 spiro atoms. The van der Waals surface area contributed by atoms with E-state index < -0.39 is 5.91 Å². The first-order chi connectivity index (χ1) is 15.9. The zero-order valence-electron chi connectivity index (χ0n) is 17.1. The zero-order valence-corrected chi connectivity index (χ0v) is 18.7. The van der Waals surface area contributed by atoms with Gasteiger partial charge in [0.2, 0.25) is 11.6 Å². The minimum atomic E-state index is -0.617. The number of rotatable bonds is 7. The fourth-order valence-electron chi connectivity index (χ4n) is 2.74. The number of carbonyl (C=O) groups excluding carboxylic acids is 1. The second-order valence-electron chi connectivity index (χ2n) is 6.77. The number of anilines is 1. The molecule has 13 heteroatoms. The molecule has 0 atom stereocenters. The van der Waals surface area contributed by atoms with Crippen LogP contribution in [-0.4, -0.2) is 42.5 Å². The molecule has 168 valence electrons. The van der Waals surface area contributed by atoms with Crippen LogP contribution in [0.2, 0.25) is 5.02 Å². The second-order valence-corrected chi connectivity index (χ2v) is 8.26. The lowest BCUT2D eigenvalue weighted by molar-refractivity contribution is 0.0949. The predicted octanol–water partition coefficient (Wildman–Crippen LogP) is 2.96. The maximum atomic E-state index is 12.8. The number of hydrogen-bond donors (Lipinski definition) is 3. The van der Waals surface area contributed by atoms with Crippen molar-refractivity contribution < 1.29 is 14.5 Å². The number of nitrogens with one attached hydrogen (secondary N) is 1. The molecular formula is C20H17ClN8O3S. The molecule has 1 amide bonds. The first-order valence-electron chi connectivity index (χ1n) is 9.46. The van der Waals surface area contributed by atoms with Crippen molar-refractivity contribution in [1.82, 2.24) is 30.7 Å². The number of aryl methyl sites for hydroxylation is 1. The van der Waals surface area contributed by atoms with Crippen molar-refractivity contribution in [3.8, 4) is 11.6 Å². The van der Waals surface area contributed by atoms with Crippen molar-refractivity contribution in [2.24, 2.45) is 5.10 Å². The molecule has 2 heterocycles. The minimum Gasteiger partial charge on any atom is -0.507 e. The van der Waals surface area contributed by atoms with Gasteiger partial charge in [0.05, 0.1) is 11.9 Å². The van der Waals surface area contributed by atoms with Gasteiger partial charge in [0, 0.05) is 21.2 Å². The van der Waals surface area contributed by atoms with Crippen LogP contribution in [0.25, 0.3) is 5.82 Å². The summed E-state index contributed by atoms with van der Waals surface area (Å²) in [4.78, 5) is 13.8. The molecular weight excluding hydrogens is 468 g/mol. The van der Waals surface area contributed by atoms with E-state index in [9.17, 15) is 9.90 Å². The molecule has 0 aliphatic rings. The van der Waals surface area contributed by atoms with E-state index in [1.54, 1.807) is 0 Å². The number of halogens is 1. The van der Waals surface area contributed by atoms with Gasteiger partial charge in [0.1, 0.15) is 5.75 Å².